The molecule has 1 aliphatic carbocycles. The smallest absolute Gasteiger partial charge is 0.107 e. The third-order valence-electron chi connectivity index (χ3n) is 2.91. The summed E-state index contributed by atoms with van der Waals surface area (Å²) >= 11 is 0. The summed E-state index contributed by atoms with van der Waals surface area (Å²) in [6.45, 7) is 1.97. The van der Waals surface area contributed by atoms with E-state index in [0.29, 0.717) is 5.92 Å². The van der Waals surface area contributed by atoms with Crippen molar-refractivity contribution in [3.05, 3.63) is 29.6 Å². The Bertz CT molecular complexity index is 336. The predicted octanol–water partition coefficient (Wildman–Crippen LogP) is 1.85. The van der Waals surface area contributed by atoms with E-state index in [1.807, 2.05) is 13.0 Å². The van der Waals surface area contributed by atoms with Gasteiger partial charge in [0.1, 0.15) is 6.10 Å². The van der Waals surface area contributed by atoms with Crippen molar-refractivity contribution in [1.29, 1.82) is 0 Å². The van der Waals surface area contributed by atoms with Crippen molar-refractivity contribution in [2.24, 2.45) is 5.92 Å². The number of nitrogens with zero attached hydrogens (tertiary/aromatic N) is 1. The summed E-state index contributed by atoms with van der Waals surface area (Å²) in [4.78, 5) is 4.09. The van der Waals surface area contributed by atoms with Crippen LogP contribution in [0.25, 0.3) is 0 Å². The Labute approximate surface area is 90.1 Å². The van der Waals surface area contributed by atoms with Gasteiger partial charge in [-0.3, -0.25) is 4.98 Å². The fraction of sp³-hybridized carbons (Fsp3) is 0.583. The lowest BCUT2D eigenvalue weighted by molar-refractivity contribution is -0.0261. The zero-order chi connectivity index (χ0) is 10.8. The van der Waals surface area contributed by atoms with Crippen molar-refractivity contribution in [1.82, 2.24) is 4.98 Å². The summed E-state index contributed by atoms with van der Waals surface area (Å²) in [7, 11) is 1.66. The van der Waals surface area contributed by atoms with E-state index >= 15 is 0 Å². The summed E-state index contributed by atoms with van der Waals surface area (Å²) in [5, 5.41) is 10.2. The van der Waals surface area contributed by atoms with Gasteiger partial charge in [-0.2, -0.15) is 0 Å². The van der Waals surface area contributed by atoms with E-state index in [2.05, 4.69) is 4.98 Å². The fourth-order valence-corrected chi connectivity index (χ4v) is 1.93. The highest BCUT2D eigenvalue weighted by Gasteiger charge is 2.36. The number of methoxy groups -OCH3 is 1. The van der Waals surface area contributed by atoms with Crippen molar-refractivity contribution >= 4 is 0 Å². The first-order valence-electron chi connectivity index (χ1n) is 5.35. The lowest BCUT2D eigenvalue weighted by Gasteiger charge is -2.21. The molecule has 1 heterocycles. The van der Waals surface area contributed by atoms with Crippen LogP contribution in [0.4, 0.5) is 0 Å². The highest BCUT2D eigenvalue weighted by molar-refractivity contribution is 5.20. The van der Waals surface area contributed by atoms with Crippen molar-refractivity contribution in [2.75, 3.05) is 7.11 Å². The largest absolute Gasteiger partial charge is 0.386 e. The molecule has 0 aromatic carbocycles. The summed E-state index contributed by atoms with van der Waals surface area (Å²) in [5.41, 5.74) is 1.92. The molecule has 3 nitrogen and oxygen atoms in total. The molecular weight excluding hydrogens is 190 g/mol. The quantitative estimate of drug-likeness (QED) is 0.819. The Kier molecular flexibility index (Phi) is 3.03. The van der Waals surface area contributed by atoms with Crippen LogP contribution in [0, 0.1) is 12.8 Å². The van der Waals surface area contributed by atoms with E-state index in [9.17, 15) is 5.11 Å². The van der Waals surface area contributed by atoms with Crippen LogP contribution in [0.5, 0.6) is 0 Å². The van der Waals surface area contributed by atoms with E-state index < -0.39 is 6.10 Å². The molecule has 1 fully saturated rings. The molecular formula is C12H17NO2. The van der Waals surface area contributed by atoms with Gasteiger partial charge in [-0.1, -0.05) is 6.07 Å². The Balaban J connectivity index is 2.14. The maximum absolute atomic E-state index is 10.2. The molecule has 0 aliphatic heterocycles. The number of ether oxygens (including phenoxy) is 1. The molecule has 0 spiro atoms. The lowest BCUT2D eigenvalue weighted by atomic mass is 10.0. The SMILES string of the molecule is COC(C1CC1)C(O)c1cncc(C)c1. The number of hydrogen-bond acceptors (Lipinski definition) is 3. The van der Waals surface area contributed by atoms with Crippen molar-refractivity contribution in [3.8, 4) is 0 Å². The van der Waals surface area contributed by atoms with Gasteiger partial charge in [0.15, 0.2) is 0 Å². The molecule has 82 valence electrons. The zero-order valence-electron chi connectivity index (χ0n) is 9.18. The number of pyridine rings is 1. The summed E-state index contributed by atoms with van der Waals surface area (Å²) in [5.74, 6) is 0.519. The van der Waals surface area contributed by atoms with Crippen LogP contribution in [0.1, 0.15) is 30.1 Å². The first-order valence-corrected chi connectivity index (χ1v) is 5.35. The average Bonchev–Trinajstić information content (AvgIpc) is 3.03. The van der Waals surface area contributed by atoms with Crippen molar-refractivity contribution < 1.29 is 9.84 Å². The highest BCUT2D eigenvalue weighted by Crippen LogP contribution is 2.39. The van der Waals surface area contributed by atoms with Crippen LogP contribution in [-0.4, -0.2) is 23.3 Å². The summed E-state index contributed by atoms with van der Waals surface area (Å²) < 4.78 is 5.35. The lowest BCUT2D eigenvalue weighted by Crippen LogP contribution is -2.23. The zero-order valence-corrected chi connectivity index (χ0v) is 9.18. The highest BCUT2D eigenvalue weighted by atomic mass is 16.5. The van der Waals surface area contributed by atoms with Crippen molar-refractivity contribution in [2.45, 2.75) is 32.0 Å². The minimum atomic E-state index is -0.546. The summed E-state index contributed by atoms with van der Waals surface area (Å²) in [6, 6.07) is 1.96. The molecule has 1 saturated carbocycles. The van der Waals surface area contributed by atoms with Crippen LogP contribution in [0.3, 0.4) is 0 Å². The molecule has 1 aliphatic rings. The van der Waals surface area contributed by atoms with E-state index in [-0.39, 0.29) is 6.10 Å². The Morgan fingerprint density at radius 1 is 1.47 bits per heavy atom. The van der Waals surface area contributed by atoms with Gasteiger partial charge in [0, 0.05) is 25.1 Å². The second-order valence-electron chi connectivity index (χ2n) is 4.28. The third kappa shape index (κ3) is 2.36. The molecule has 2 rings (SSSR count). The van der Waals surface area contributed by atoms with Gasteiger partial charge in [-0.05, 0) is 31.2 Å². The second kappa shape index (κ2) is 4.29. The molecule has 1 aromatic heterocycles. The number of hydrogen-bond donors (Lipinski definition) is 1. The van der Waals surface area contributed by atoms with E-state index in [4.69, 9.17) is 4.74 Å². The van der Waals surface area contributed by atoms with Crippen molar-refractivity contribution in [3.63, 3.8) is 0 Å². The average molecular weight is 207 g/mol. The Morgan fingerprint density at radius 2 is 2.20 bits per heavy atom. The normalized spacial score (nSPS) is 19.9. The van der Waals surface area contributed by atoms with E-state index in [1.165, 1.54) is 0 Å². The van der Waals surface area contributed by atoms with E-state index in [0.717, 1.165) is 24.0 Å². The van der Waals surface area contributed by atoms with Gasteiger partial charge in [0.25, 0.3) is 0 Å². The molecule has 1 aromatic rings. The maximum Gasteiger partial charge on any atom is 0.107 e. The molecule has 3 heteroatoms. The first-order chi connectivity index (χ1) is 7.22. The molecule has 0 amide bonds. The van der Waals surface area contributed by atoms with Crippen LogP contribution in [-0.2, 0) is 4.74 Å². The number of aryl methyl sites for hydroxylation is 1. The maximum atomic E-state index is 10.2. The number of aliphatic hydroxyl groups is 1. The number of rotatable bonds is 4. The van der Waals surface area contributed by atoms with Gasteiger partial charge in [0.05, 0.1) is 6.10 Å². The molecule has 1 N–H and O–H groups in total. The Morgan fingerprint density at radius 3 is 2.73 bits per heavy atom. The minimum Gasteiger partial charge on any atom is -0.386 e. The van der Waals surface area contributed by atoms with E-state index in [1.54, 1.807) is 19.5 Å². The second-order valence-corrected chi connectivity index (χ2v) is 4.28. The predicted molar refractivity (Wildman–Crippen MR) is 57.5 cm³/mol. The minimum absolute atomic E-state index is 0.0754. The first kappa shape index (κ1) is 10.6. The Hall–Kier alpha value is -0.930. The monoisotopic (exact) mass is 207 g/mol. The van der Waals surface area contributed by atoms with Gasteiger partial charge in [-0.25, -0.2) is 0 Å². The topological polar surface area (TPSA) is 42.4 Å². The van der Waals surface area contributed by atoms with Gasteiger partial charge in [0.2, 0.25) is 0 Å². The summed E-state index contributed by atoms with van der Waals surface area (Å²) in [6.07, 6.45) is 5.20. The van der Waals surface area contributed by atoms with Gasteiger partial charge >= 0.3 is 0 Å². The molecule has 15 heavy (non-hydrogen) atoms. The van der Waals surface area contributed by atoms with Gasteiger partial charge < -0.3 is 9.84 Å². The van der Waals surface area contributed by atoms with Crippen LogP contribution < -0.4 is 0 Å². The molecule has 0 bridgehead atoms. The molecule has 2 unspecified atom stereocenters. The third-order valence-corrected chi connectivity index (χ3v) is 2.91. The van der Waals surface area contributed by atoms with Crippen LogP contribution in [0.15, 0.2) is 18.5 Å². The van der Waals surface area contributed by atoms with Gasteiger partial charge in [-0.15, -0.1) is 0 Å². The van der Waals surface area contributed by atoms with Crippen LogP contribution >= 0.6 is 0 Å². The molecule has 0 radical (unpaired) electrons. The number of aliphatic hydroxyl groups excluding tert-OH is 1. The molecule has 2 atom stereocenters. The molecule has 0 saturated heterocycles. The fourth-order valence-electron chi connectivity index (χ4n) is 1.93. The van der Waals surface area contributed by atoms with Crippen LogP contribution in [0.2, 0.25) is 0 Å². The standard InChI is InChI=1S/C12H17NO2/c1-8-5-10(7-13-6-8)11(14)12(15-2)9-3-4-9/h5-7,9,11-12,14H,3-4H2,1-2H3. The number of aromatic nitrogens is 1.